The lowest BCUT2D eigenvalue weighted by Crippen LogP contribution is -2.30. The first-order chi connectivity index (χ1) is 18.9. The van der Waals surface area contributed by atoms with E-state index in [2.05, 4.69) is 10.6 Å². The lowest BCUT2D eigenvalue weighted by atomic mass is 10.1. The summed E-state index contributed by atoms with van der Waals surface area (Å²) in [5.41, 5.74) is 4.22. The Hall–Kier alpha value is -5.23. The number of methoxy groups -OCH3 is 1. The van der Waals surface area contributed by atoms with Crippen molar-refractivity contribution in [2.45, 2.75) is 6.92 Å². The minimum atomic E-state index is -0.506. The Morgan fingerprint density at radius 2 is 1.46 bits per heavy atom. The third-order valence-corrected chi connectivity index (χ3v) is 5.85. The number of hydrogen-bond donors (Lipinski definition) is 2. The van der Waals surface area contributed by atoms with E-state index in [1.54, 1.807) is 92.1 Å². The highest BCUT2D eigenvalue weighted by Gasteiger charge is 2.15. The molecule has 0 saturated heterocycles. The molecule has 0 aliphatic heterocycles. The van der Waals surface area contributed by atoms with E-state index in [1.807, 2.05) is 37.3 Å². The summed E-state index contributed by atoms with van der Waals surface area (Å²) < 4.78 is 5.19. The lowest BCUT2D eigenvalue weighted by Gasteiger charge is -2.12. The molecule has 194 valence electrons. The first-order valence-corrected chi connectivity index (χ1v) is 12.3. The van der Waals surface area contributed by atoms with Crippen molar-refractivity contribution in [2.75, 3.05) is 12.4 Å². The van der Waals surface area contributed by atoms with Gasteiger partial charge < -0.3 is 15.4 Å². The van der Waals surface area contributed by atoms with Gasteiger partial charge in [-0.1, -0.05) is 66.2 Å². The highest BCUT2D eigenvalue weighted by atomic mass is 16.5. The lowest BCUT2D eigenvalue weighted by molar-refractivity contribution is -0.113. The van der Waals surface area contributed by atoms with Gasteiger partial charge in [-0.2, -0.15) is 0 Å². The molecular formula is C33H28N2O4. The van der Waals surface area contributed by atoms with Gasteiger partial charge in [0, 0.05) is 16.8 Å². The molecule has 0 aliphatic carbocycles. The minimum absolute atomic E-state index is 0.0651. The van der Waals surface area contributed by atoms with Gasteiger partial charge in [-0.3, -0.25) is 14.4 Å². The van der Waals surface area contributed by atoms with Gasteiger partial charge >= 0.3 is 0 Å². The summed E-state index contributed by atoms with van der Waals surface area (Å²) in [4.78, 5) is 38.6. The van der Waals surface area contributed by atoms with Crippen LogP contribution in [-0.4, -0.2) is 24.7 Å². The number of anilines is 1. The Morgan fingerprint density at radius 1 is 0.744 bits per heavy atom. The highest BCUT2D eigenvalue weighted by molar-refractivity contribution is 6.11. The van der Waals surface area contributed by atoms with Crippen molar-refractivity contribution in [1.82, 2.24) is 5.32 Å². The van der Waals surface area contributed by atoms with Gasteiger partial charge in [0.2, 0.25) is 0 Å². The highest BCUT2D eigenvalue weighted by Crippen LogP contribution is 2.16. The molecule has 2 N–H and O–H groups in total. The van der Waals surface area contributed by atoms with E-state index < -0.39 is 11.8 Å². The van der Waals surface area contributed by atoms with Crippen LogP contribution >= 0.6 is 0 Å². The number of ketones is 1. The van der Waals surface area contributed by atoms with Crippen molar-refractivity contribution in [3.8, 4) is 5.75 Å². The molecule has 0 saturated carbocycles. The molecule has 0 radical (unpaired) electrons. The van der Waals surface area contributed by atoms with Crippen molar-refractivity contribution in [2.24, 2.45) is 0 Å². The molecule has 4 aromatic rings. The molecule has 0 bridgehead atoms. The maximum Gasteiger partial charge on any atom is 0.272 e. The molecular weight excluding hydrogens is 488 g/mol. The molecule has 0 spiro atoms. The molecule has 6 heteroatoms. The normalized spacial score (nSPS) is 11.2. The minimum Gasteiger partial charge on any atom is -0.497 e. The number of allylic oxidation sites excluding steroid dienone is 1. The van der Waals surface area contributed by atoms with E-state index in [4.69, 9.17) is 4.74 Å². The first kappa shape index (κ1) is 26.8. The van der Waals surface area contributed by atoms with Crippen LogP contribution in [0.2, 0.25) is 0 Å². The van der Waals surface area contributed by atoms with Crippen LogP contribution in [0, 0.1) is 6.92 Å². The van der Waals surface area contributed by atoms with Crippen molar-refractivity contribution >= 4 is 35.4 Å². The fourth-order valence-electron chi connectivity index (χ4n) is 3.77. The molecule has 0 aromatic heterocycles. The number of hydrogen-bond acceptors (Lipinski definition) is 4. The van der Waals surface area contributed by atoms with Crippen molar-refractivity contribution in [1.29, 1.82) is 0 Å². The fourth-order valence-corrected chi connectivity index (χ4v) is 3.77. The van der Waals surface area contributed by atoms with Crippen LogP contribution < -0.4 is 15.4 Å². The number of carbonyl (C=O) groups excluding carboxylic acids is 3. The van der Waals surface area contributed by atoms with Gasteiger partial charge in [-0.15, -0.1) is 0 Å². The predicted molar refractivity (Wildman–Crippen MR) is 154 cm³/mol. The number of benzene rings is 4. The summed E-state index contributed by atoms with van der Waals surface area (Å²) in [6.07, 6.45) is 4.89. The quantitative estimate of drug-likeness (QED) is 0.202. The van der Waals surface area contributed by atoms with E-state index in [0.29, 0.717) is 28.1 Å². The van der Waals surface area contributed by atoms with Crippen LogP contribution in [0.4, 0.5) is 5.69 Å². The average molecular weight is 517 g/mol. The maximum atomic E-state index is 13.2. The topological polar surface area (TPSA) is 84.5 Å². The summed E-state index contributed by atoms with van der Waals surface area (Å²) in [5, 5.41) is 5.51. The summed E-state index contributed by atoms with van der Waals surface area (Å²) in [6.45, 7) is 2.00. The molecule has 0 atom stereocenters. The van der Waals surface area contributed by atoms with Crippen molar-refractivity contribution in [3.05, 3.63) is 143 Å². The Morgan fingerprint density at radius 3 is 2.13 bits per heavy atom. The van der Waals surface area contributed by atoms with Crippen LogP contribution in [0.5, 0.6) is 5.75 Å². The van der Waals surface area contributed by atoms with E-state index in [1.165, 1.54) is 6.08 Å². The smallest absolute Gasteiger partial charge is 0.272 e. The van der Waals surface area contributed by atoms with Gasteiger partial charge in [0.25, 0.3) is 11.8 Å². The molecule has 0 fully saturated rings. The van der Waals surface area contributed by atoms with Gasteiger partial charge in [0.1, 0.15) is 11.4 Å². The van der Waals surface area contributed by atoms with Gasteiger partial charge in [-0.25, -0.2) is 0 Å². The third-order valence-electron chi connectivity index (χ3n) is 5.85. The maximum absolute atomic E-state index is 13.2. The van der Waals surface area contributed by atoms with Gasteiger partial charge in [-0.05, 0) is 78.7 Å². The number of ether oxygens (including phenoxy) is 1. The predicted octanol–water partition coefficient (Wildman–Crippen LogP) is 6.31. The van der Waals surface area contributed by atoms with Gasteiger partial charge in [0.05, 0.1) is 7.11 Å². The summed E-state index contributed by atoms with van der Waals surface area (Å²) >= 11 is 0. The summed E-state index contributed by atoms with van der Waals surface area (Å²) in [7, 11) is 1.57. The molecule has 0 heterocycles. The molecule has 6 nitrogen and oxygen atoms in total. The molecule has 39 heavy (non-hydrogen) atoms. The molecule has 0 unspecified atom stereocenters. The zero-order valence-corrected chi connectivity index (χ0v) is 21.7. The number of nitrogens with one attached hydrogen (secondary N) is 2. The standard InChI is InChI=1S/C33H28N2O4/c1-23-7-6-8-24(21-23)13-20-31(36)26-14-16-28(17-15-26)34-33(38)30(22-25-11-18-29(39-2)19-12-25)35-32(37)27-9-4-3-5-10-27/h3-22H,1-2H3,(H,34,38)(H,35,37)/b20-13+,30-22-. The van der Waals surface area contributed by atoms with Crippen molar-refractivity contribution < 1.29 is 19.1 Å². The number of aryl methyl sites for hydroxylation is 1. The zero-order valence-electron chi connectivity index (χ0n) is 21.7. The second-order valence-corrected chi connectivity index (χ2v) is 8.79. The Labute approximate surface area is 227 Å². The molecule has 0 aliphatic rings. The Balaban J connectivity index is 1.49. The first-order valence-electron chi connectivity index (χ1n) is 12.3. The molecule has 4 rings (SSSR count). The van der Waals surface area contributed by atoms with Crippen LogP contribution in [-0.2, 0) is 4.79 Å². The average Bonchev–Trinajstić information content (AvgIpc) is 2.96. The van der Waals surface area contributed by atoms with E-state index >= 15 is 0 Å². The zero-order chi connectivity index (χ0) is 27.6. The van der Waals surface area contributed by atoms with Crippen LogP contribution in [0.25, 0.3) is 12.2 Å². The number of carbonyl (C=O) groups is 3. The molecule has 4 aromatic carbocycles. The Bertz CT molecular complexity index is 1520. The van der Waals surface area contributed by atoms with Crippen LogP contribution in [0.1, 0.15) is 37.4 Å². The van der Waals surface area contributed by atoms with Gasteiger partial charge in [0.15, 0.2) is 5.78 Å². The summed E-state index contributed by atoms with van der Waals surface area (Å²) in [6, 6.07) is 30.2. The van der Waals surface area contributed by atoms with Crippen LogP contribution in [0.3, 0.4) is 0 Å². The fraction of sp³-hybridized carbons (Fsp3) is 0.0606. The third kappa shape index (κ3) is 7.63. The largest absolute Gasteiger partial charge is 0.497 e. The number of rotatable bonds is 9. The second-order valence-electron chi connectivity index (χ2n) is 8.79. The van der Waals surface area contributed by atoms with E-state index in [9.17, 15) is 14.4 Å². The van der Waals surface area contributed by atoms with Crippen LogP contribution in [0.15, 0.2) is 115 Å². The monoisotopic (exact) mass is 516 g/mol. The molecule has 2 amide bonds. The summed E-state index contributed by atoms with van der Waals surface area (Å²) in [5.74, 6) is -0.389. The van der Waals surface area contributed by atoms with E-state index in [0.717, 1.165) is 11.1 Å². The second kappa shape index (κ2) is 12.8. The van der Waals surface area contributed by atoms with Crippen molar-refractivity contribution in [3.63, 3.8) is 0 Å². The van der Waals surface area contributed by atoms with E-state index in [-0.39, 0.29) is 11.5 Å². The number of amides is 2. The Kier molecular flexibility index (Phi) is 8.83. The SMILES string of the molecule is COc1ccc(/C=C(\NC(=O)c2ccccc2)C(=O)Nc2ccc(C(=O)/C=C/c3cccc(C)c3)cc2)cc1.